The van der Waals surface area contributed by atoms with Crippen LogP contribution >= 0.6 is 0 Å². The third-order valence-electron chi connectivity index (χ3n) is 17.4. The van der Waals surface area contributed by atoms with Gasteiger partial charge < -0.3 is 25.5 Å². The van der Waals surface area contributed by atoms with Crippen LogP contribution in [0.4, 0.5) is 0 Å². The Morgan fingerprint density at radius 2 is 1.25 bits per heavy atom. The molecule has 0 aromatic heterocycles. The average molecular weight is 731 g/mol. The Labute approximate surface area is 312 Å². The van der Waals surface area contributed by atoms with Crippen LogP contribution in [-0.4, -0.2) is 78.7 Å². The van der Waals surface area contributed by atoms with E-state index in [0.29, 0.717) is 32.1 Å². The summed E-state index contributed by atoms with van der Waals surface area (Å²) in [5.74, 6) is -2.59. The van der Waals surface area contributed by atoms with Crippen molar-refractivity contribution in [3.8, 4) is 0 Å². The third-order valence-corrected chi connectivity index (χ3v) is 17.4. The Hall–Kier alpha value is -2.56. The fourth-order valence-electron chi connectivity index (χ4n) is 15.1. The molecule has 2 unspecified atom stereocenters. The monoisotopic (exact) mass is 730 g/mol. The van der Waals surface area contributed by atoms with E-state index in [9.17, 15) is 44.7 Å². The third kappa shape index (κ3) is 4.85. The number of ketones is 4. The lowest BCUT2D eigenvalue weighted by molar-refractivity contribution is -0.188. The van der Waals surface area contributed by atoms with Gasteiger partial charge >= 0.3 is 0 Å². The van der Waals surface area contributed by atoms with Gasteiger partial charge in [0, 0.05) is 34.0 Å². The molecule has 0 spiro atoms. The van der Waals surface area contributed by atoms with Crippen LogP contribution in [0.2, 0.25) is 0 Å². The van der Waals surface area contributed by atoms with Crippen LogP contribution < -0.4 is 0 Å². The SMILES string of the molecule is C[C@H]1C[C@@H]2[C@H]([C@@H](O)C[C@]3(C)[C@@H](C(=O)C(O)C(O)C(=O)[C@@]4(O)CC[C@H]5[C@@H]6C[C@H](C)C7=CC(=O)C=C[C@]7(C)[C@H]6[C@@H](O)C[C@@]54C)CC[C@@H]23)[C@@]2(C)C=CC(=O)C=C12. The number of aliphatic hydroxyl groups is 5. The number of rotatable bonds is 5. The van der Waals surface area contributed by atoms with E-state index in [4.69, 9.17) is 0 Å². The molecule has 18 atom stereocenters. The summed E-state index contributed by atoms with van der Waals surface area (Å²) >= 11 is 0. The van der Waals surface area contributed by atoms with Crippen molar-refractivity contribution in [1.82, 2.24) is 0 Å². The zero-order valence-corrected chi connectivity index (χ0v) is 32.0. The van der Waals surface area contributed by atoms with Crippen LogP contribution in [0, 0.1) is 74.9 Å². The van der Waals surface area contributed by atoms with Crippen LogP contribution in [0.1, 0.15) is 92.9 Å². The summed E-state index contributed by atoms with van der Waals surface area (Å²) in [6, 6.07) is 0. The lowest BCUT2D eigenvalue weighted by Crippen LogP contribution is -2.64. The fourth-order valence-corrected chi connectivity index (χ4v) is 15.1. The van der Waals surface area contributed by atoms with Gasteiger partial charge in [-0.3, -0.25) is 19.2 Å². The van der Waals surface area contributed by atoms with E-state index in [1.54, 1.807) is 24.3 Å². The first-order chi connectivity index (χ1) is 24.7. The summed E-state index contributed by atoms with van der Waals surface area (Å²) in [7, 11) is 0. The molecule has 9 heteroatoms. The van der Waals surface area contributed by atoms with Crippen LogP contribution in [-0.2, 0) is 19.2 Å². The molecule has 6 saturated carbocycles. The molecule has 288 valence electrons. The predicted molar refractivity (Wildman–Crippen MR) is 196 cm³/mol. The molecule has 53 heavy (non-hydrogen) atoms. The zero-order chi connectivity index (χ0) is 38.4. The van der Waals surface area contributed by atoms with Gasteiger partial charge in [0.05, 0.1) is 12.2 Å². The normalized spacial score (nSPS) is 52.2. The lowest BCUT2D eigenvalue weighted by Gasteiger charge is -2.61. The molecular formula is C44H58O9. The highest BCUT2D eigenvalue weighted by molar-refractivity contribution is 6.02. The van der Waals surface area contributed by atoms with Crippen LogP contribution in [0.15, 0.2) is 47.6 Å². The van der Waals surface area contributed by atoms with Gasteiger partial charge in [-0.1, -0.05) is 64.8 Å². The van der Waals surface area contributed by atoms with Gasteiger partial charge in [-0.2, -0.15) is 0 Å². The summed E-state index contributed by atoms with van der Waals surface area (Å²) in [5.41, 5.74) is -2.79. The molecular weight excluding hydrogens is 672 g/mol. The second-order valence-corrected chi connectivity index (χ2v) is 19.8. The molecule has 0 aliphatic heterocycles. The highest BCUT2D eigenvalue weighted by Crippen LogP contribution is 2.69. The number of Topliss-reactive ketones (excluding diaryl/α,β-unsaturated/α-hetero) is 2. The van der Waals surface area contributed by atoms with Crippen molar-refractivity contribution in [1.29, 1.82) is 0 Å². The Bertz CT molecular complexity index is 1770. The van der Waals surface area contributed by atoms with Crippen molar-refractivity contribution in [2.24, 2.45) is 74.9 Å². The Kier molecular flexibility index (Phi) is 8.44. The molecule has 9 nitrogen and oxygen atoms in total. The maximum Gasteiger partial charge on any atom is 0.196 e. The largest absolute Gasteiger partial charge is 0.393 e. The zero-order valence-electron chi connectivity index (χ0n) is 32.0. The topological polar surface area (TPSA) is 169 Å². The number of fused-ring (bicyclic) bond motifs is 10. The molecule has 6 fully saturated rings. The smallest absolute Gasteiger partial charge is 0.196 e. The van der Waals surface area contributed by atoms with Crippen molar-refractivity contribution < 1.29 is 44.7 Å². The molecule has 0 heterocycles. The van der Waals surface area contributed by atoms with Gasteiger partial charge in [-0.25, -0.2) is 0 Å². The number of carbonyl (C=O) groups excluding carboxylic acids is 4. The number of hydrogen-bond donors (Lipinski definition) is 5. The number of hydrogen-bond acceptors (Lipinski definition) is 9. The van der Waals surface area contributed by atoms with E-state index >= 15 is 0 Å². The van der Waals surface area contributed by atoms with Crippen molar-refractivity contribution in [2.45, 2.75) is 123 Å². The summed E-state index contributed by atoms with van der Waals surface area (Å²) < 4.78 is 0. The molecule has 8 aliphatic rings. The molecule has 0 bridgehead atoms. The Morgan fingerprint density at radius 3 is 1.79 bits per heavy atom. The second kappa shape index (κ2) is 12.0. The van der Waals surface area contributed by atoms with E-state index in [-0.39, 0.29) is 71.8 Å². The van der Waals surface area contributed by atoms with Crippen molar-refractivity contribution >= 4 is 23.1 Å². The summed E-state index contributed by atoms with van der Waals surface area (Å²) in [5, 5.41) is 59.2. The predicted octanol–water partition coefficient (Wildman–Crippen LogP) is 4.24. The Balaban J connectivity index is 1.02. The number of aliphatic hydroxyl groups excluding tert-OH is 4. The van der Waals surface area contributed by atoms with E-state index < -0.39 is 69.2 Å². The molecule has 0 radical (unpaired) electrons. The average Bonchev–Trinajstić information content (AvgIpc) is 3.57. The first-order valence-corrected chi connectivity index (χ1v) is 20.2. The quantitative estimate of drug-likeness (QED) is 0.278. The summed E-state index contributed by atoms with van der Waals surface area (Å²) in [6.07, 6.45) is 8.26. The summed E-state index contributed by atoms with van der Waals surface area (Å²) in [6.45, 7) is 12.2. The first-order valence-electron chi connectivity index (χ1n) is 20.2. The van der Waals surface area contributed by atoms with Gasteiger partial charge in [0.1, 0.15) is 17.8 Å². The second-order valence-electron chi connectivity index (χ2n) is 19.8. The van der Waals surface area contributed by atoms with Gasteiger partial charge in [-0.15, -0.1) is 0 Å². The minimum absolute atomic E-state index is 0.0354. The van der Waals surface area contributed by atoms with E-state index in [0.717, 1.165) is 17.6 Å². The van der Waals surface area contributed by atoms with Crippen LogP contribution in [0.3, 0.4) is 0 Å². The van der Waals surface area contributed by atoms with E-state index in [1.165, 1.54) is 0 Å². The summed E-state index contributed by atoms with van der Waals surface area (Å²) in [4.78, 5) is 53.3. The van der Waals surface area contributed by atoms with Crippen molar-refractivity contribution in [3.05, 3.63) is 47.6 Å². The molecule has 0 amide bonds. The maximum absolute atomic E-state index is 14.3. The minimum atomic E-state index is -2.14. The van der Waals surface area contributed by atoms with Gasteiger partial charge in [0.2, 0.25) is 0 Å². The minimum Gasteiger partial charge on any atom is -0.393 e. The number of allylic oxidation sites excluding steroid dienone is 8. The standard InChI is InChI=1S/C44H58O9/c1-21-15-25-27-7-8-29(42(27,5)19-32(47)34(25)40(3)12-9-23(45)17-30(21)40)36(49)37(50)38(51)39(52)44(53)14-11-28-26-16-22(2)31-18-24(46)10-13-41(31,4)35(26)33(48)20-43(28,44)6/h9-10,12-13,17-18,21-22,25-29,32-35,37-38,47-48,50-51,53H,7-8,11,14-16,19-20H2,1-6H3/t21-,22-,25-,26-,27-,28-,29+,32-,33-,34+,35+,37?,38?,40-,41-,42-,43-,44-/m0/s1. The van der Waals surface area contributed by atoms with E-state index in [1.807, 2.05) is 26.0 Å². The number of carbonyl (C=O) groups is 4. The highest BCUT2D eigenvalue weighted by atomic mass is 16.4. The molecule has 5 N–H and O–H groups in total. The van der Waals surface area contributed by atoms with Gasteiger partial charge in [0.15, 0.2) is 23.1 Å². The van der Waals surface area contributed by atoms with Crippen molar-refractivity contribution in [3.63, 3.8) is 0 Å². The fraction of sp³-hybridized carbons (Fsp3) is 0.727. The van der Waals surface area contributed by atoms with Gasteiger partial charge in [0.25, 0.3) is 0 Å². The van der Waals surface area contributed by atoms with Crippen LogP contribution in [0.5, 0.6) is 0 Å². The molecule has 8 aliphatic carbocycles. The van der Waals surface area contributed by atoms with Crippen molar-refractivity contribution in [2.75, 3.05) is 0 Å². The molecule has 0 saturated heterocycles. The van der Waals surface area contributed by atoms with Crippen LogP contribution in [0.25, 0.3) is 0 Å². The molecule has 8 rings (SSSR count). The molecule has 0 aromatic carbocycles. The highest BCUT2D eigenvalue weighted by Gasteiger charge is 2.70. The van der Waals surface area contributed by atoms with E-state index in [2.05, 4.69) is 27.7 Å². The van der Waals surface area contributed by atoms with Gasteiger partial charge in [-0.05, 0) is 117 Å². The lowest BCUT2D eigenvalue weighted by atomic mass is 9.44. The molecule has 0 aromatic rings. The first kappa shape index (κ1) is 37.4. The maximum atomic E-state index is 14.3. The Morgan fingerprint density at radius 1 is 0.736 bits per heavy atom.